The lowest BCUT2D eigenvalue weighted by Gasteiger charge is -2.22. The van der Waals surface area contributed by atoms with Crippen LogP contribution in [0.15, 0.2) is 54.6 Å². The first-order valence-corrected chi connectivity index (χ1v) is 12.2. The van der Waals surface area contributed by atoms with Gasteiger partial charge < -0.3 is 10.2 Å². The van der Waals surface area contributed by atoms with Crippen LogP contribution in [0, 0.1) is 6.92 Å². The molecule has 0 aliphatic heterocycles. The maximum atomic E-state index is 13.1. The predicted octanol–water partition coefficient (Wildman–Crippen LogP) is 6.38. The number of alkyl halides is 3. The van der Waals surface area contributed by atoms with Gasteiger partial charge in [-0.1, -0.05) is 52.3 Å². The molecule has 1 heterocycles. The fraction of sp³-hybridized carbons (Fsp3) is 0.393. The molecule has 2 amide bonds. The SMILES string of the molecule is CCCCN(CC(=O)Nc1cc(C(C)(C)C)nn1-c1ccccc1C)C(=O)c1ccc(C(F)(F)F)cc1. The Labute approximate surface area is 215 Å². The van der Waals surface area contributed by atoms with Crippen LogP contribution in [0.25, 0.3) is 5.69 Å². The van der Waals surface area contributed by atoms with Crippen molar-refractivity contribution in [3.63, 3.8) is 0 Å². The van der Waals surface area contributed by atoms with Crippen LogP contribution in [0.5, 0.6) is 0 Å². The highest BCUT2D eigenvalue weighted by Gasteiger charge is 2.30. The van der Waals surface area contributed by atoms with Crippen LogP contribution in [0.2, 0.25) is 0 Å². The molecule has 0 fully saturated rings. The van der Waals surface area contributed by atoms with Crippen LogP contribution in [0.3, 0.4) is 0 Å². The number of rotatable bonds is 8. The van der Waals surface area contributed by atoms with Gasteiger partial charge >= 0.3 is 6.18 Å². The maximum absolute atomic E-state index is 13.1. The minimum atomic E-state index is -4.49. The van der Waals surface area contributed by atoms with Gasteiger partial charge in [0.2, 0.25) is 5.91 Å². The number of carbonyl (C=O) groups is 2. The molecule has 3 rings (SSSR count). The lowest BCUT2D eigenvalue weighted by Crippen LogP contribution is -2.39. The highest BCUT2D eigenvalue weighted by Crippen LogP contribution is 2.30. The third-order valence-corrected chi connectivity index (χ3v) is 5.95. The Morgan fingerprint density at radius 1 is 1.03 bits per heavy atom. The summed E-state index contributed by atoms with van der Waals surface area (Å²) in [6.45, 7) is 10.0. The van der Waals surface area contributed by atoms with E-state index < -0.39 is 23.6 Å². The number of aromatic nitrogens is 2. The Balaban J connectivity index is 1.85. The Hall–Kier alpha value is -3.62. The van der Waals surface area contributed by atoms with E-state index in [0.717, 1.165) is 47.6 Å². The van der Waals surface area contributed by atoms with Crippen molar-refractivity contribution in [1.82, 2.24) is 14.7 Å². The molecule has 3 aromatic rings. The van der Waals surface area contributed by atoms with Gasteiger partial charge in [-0.05, 0) is 49.2 Å². The number of aryl methyl sites for hydroxylation is 1. The van der Waals surface area contributed by atoms with Crippen LogP contribution in [-0.4, -0.2) is 39.6 Å². The van der Waals surface area contributed by atoms with Gasteiger partial charge in [-0.15, -0.1) is 0 Å². The number of hydrogen-bond donors (Lipinski definition) is 1. The molecular formula is C28H33F3N4O2. The van der Waals surface area contributed by atoms with E-state index in [-0.39, 0.29) is 17.5 Å². The summed E-state index contributed by atoms with van der Waals surface area (Å²) in [7, 11) is 0. The van der Waals surface area contributed by atoms with Crippen molar-refractivity contribution in [2.75, 3.05) is 18.4 Å². The topological polar surface area (TPSA) is 67.2 Å². The molecule has 0 saturated carbocycles. The Morgan fingerprint density at radius 2 is 1.68 bits per heavy atom. The lowest BCUT2D eigenvalue weighted by molar-refractivity contribution is -0.137. The highest BCUT2D eigenvalue weighted by molar-refractivity contribution is 5.99. The summed E-state index contributed by atoms with van der Waals surface area (Å²) in [6.07, 6.45) is -3.06. The monoisotopic (exact) mass is 514 g/mol. The second-order valence-corrected chi connectivity index (χ2v) is 10.1. The first-order chi connectivity index (χ1) is 17.3. The molecule has 0 aliphatic carbocycles. The number of para-hydroxylation sites is 1. The van der Waals surface area contributed by atoms with Crippen molar-refractivity contribution in [2.45, 2.75) is 59.1 Å². The zero-order chi connectivity index (χ0) is 27.4. The number of halogens is 3. The van der Waals surface area contributed by atoms with Gasteiger partial charge in [0.1, 0.15) is 12.4 Å². The van der Waals surface area contributed by atoms with Crippen LogP contribution in [-0.2, 0) is 16.4 Å². The van der Waals surface area contributed by atoms with Gasteiger partial charge in [-0.2, -0.15) is 18.3 Å². The summed E-state index contributed by atoms with van der Waals surface area (Å²) in [5.41, 5.74) is 1.58. The quantitative estimate of drug-likeness (QED) is 0.379. The molecule has 2 aromatic carbocycles. The second-order valence-electron chi connectivity index (χ2n) is 10.1. The number of nitrogens with one attached hydrogen (secondary N) is 1. The van der Waals surface area contributed by atoms with Crippen molar-refractivity contribution < 1.29 is 22.8 Å². The number of benzene rings is 2. The van der Waals surface area contributed by atoms with E-state index >= 15 is 0 Å². The van der Waals surface area contributed by atoms with Crippen LogP contribution in [0.1, 0.15) is 67.7 Å². The van der Waals surface area contributed by atoms with E-state index in [1.807, 2.05) is 65.0 Å². The summed E-state index contributed by atoms with van der Waals surface area (Å²) in [5.74, 6) is -0.451. The molecule has 6 nitrogen and oxygen atoms in total. The van der Waals surface area contributed by atoms with E-state index in [1.54, 1.807) is 4.68 Å². The van der Waals surface area contributed by atoms with Gasteiger partial charge in [-0.3, -0.25) is 9.59 Å². The fourth-order valence-corrected chi connectivity index (χ4v) is 3.76. The first-order valence-electron chi connectivity index (χ1n) is 12.2. The first kappa shape index (κ1) is 28.0. The molecule has 0 saturated heterocycles. The summed E-state index contributed by atoms with van der Waals surface area (Å²) in [6, 6.07) is 13.5. The number of amides is 2. The van der Waals surface area contributed by atoms with E-state index in [1.165, 1.54) is 4.90 Å². The number of unbranched alkanes of at least 4 members (excludes halogenated alkanes) is 1. The fourth-order valence-electron chi connectivity index (χ4n) is 3.76. The number of anilines is 1. The molecule has 1 aromatic heterocycles. The zero-order valence-corrected chi connectivity index (χ0v) is 21.8. The zero-order valence-electron chi connectivity index (χ0n) is 21.8. The molecule has 0 atom stereocenters. The van der Waals surface area contributed by atoms with Crippen molar-refractivity contribution in [3.8, 4) is 5.69 Å². The molecule has 198 valence electrons. The van der Waals surface area contributed by atoms with Crippen molar-refractivity contribution >= 4 is 17.6 Å². The Kier molecular flexibility index (Phi) is 8.46. The summed E-state index contributed by atoms with van der Waals surface area (Å²) in [4.78, 5) is 27.6. The number of hydrogen-bond acceptors (Lipinski definition) is 3. The molecule has 37 heavy (non-hydrogen) atoms. The third-order valence-electron chi connectivity index (χ3n) is 5.95. The average molecular weight is 515 g/mol. The number of carbonyl (C=O) groups excluding carboxylic acids is 2. The largest absolute Gasteiger partial charge is 0.416 e. The van der Waals surface area contributed by atoms with E-state index in [2.05, 4.69) is 5.32 Å². The molecule has 0 spiro atoms. The van der Waals surface area contributed by atoms with Gasteiger partial charge in [0.05, 0.1) is 16.9 Å². The minimum Gasteiger partial charge on any atom is -0.329 e. The van der Waals surface area contributed by atoms with Crippen LogP contribution >= 0.6 is 0 Å². The minimum absolute atomic E-state index is 0.0943. The van der Waals surface area contributed by atoms with Crippen molar-refractivity contribution in [3.05, 3.63) is 77.0 Å². The van der Waals surface area contributed by atoms with Crippen molar-refractivity contribution in [2.24, 2.45) is 0 Å². The molecule has 0 bridgehead atoms. The normalized spacial score (nSPS) is 11.9. The smallest absolute Gasteiger partial charge is 0.329 e. The van der Waals surface area contributed by atoms with E-state index in [9.17, 15) is 22.8 Å². The number of nitrogens with zero attached hydrogens (tertiary/aromatic N) is 3. The van der Waals surface area contributed by atoms with Gasteiger partial charge in [0.15, 0.2) is 0 Å². The molecule has 0 aliphatic rings. The highest BCUT2D eigenvalue weighted by atomic mass is 19.4. The summed E-state index contributed by atoms with van der Waals surface area (Å²) < 4.78 is 40.5. The Bertz CT molecular complexity index is 1240. The van der Waals surface area contributed by atoms with Crippen LogP contribution in [0.4, 0.5) is 19.0 Å². The standard InChI is InChI=1S/C28H33F3N4O2/c1-6-7-16-34(26(37)20-12-14-21(15-13-20)28(29,30)31)18-25(36)32-24-17-23(27(3,4)5)33-35(24)22-11-9-8-10-19(22)2/h8-15,17H,6-7,16,18H2,1-5H3,(H,32,36). The molecule has 9 heteroatoms. The average Bonchev–Trinajstić information content (AvgIpc) is 3.25. The molecule has 0 unspecified atom stereocenters. The van der Waals surface area contributed by atoms with Crippen molar-refractivity contribution in [1.29, 1.82) is 0 Å². The second kappa shape index (κ2) is 11.2. The summed E-state index contributed by atoms with van der Waals surface area (Å²) >= 11 is 0. The van der Waals surface area contributed by atoms with E-state index in [4.69, 9.17) is 5.10 Å². The van der Waals surface area contributed by atoms with Crippen LogP contribution < -0.4 is 5.32 Å². The molecular weight excluding hydrogens is 481 g/mol. The third kappa shape index (κ3) is 6.99. The van der Waals surface area contributed by atoms with Gasteiger partial charge in [-0.25, -0.2) is 4.68 Å². The lowest BCUT2D eigenvalue weighted by atomic mass is 9.92. The van der Waals surface area contributed by atoms with Gasteiger partial charge in [0, 0.05) is 23.6 Å². The Morgan fingerprint density at radius 3 is 2.24 bits per heavy atom. The summed E-state index contributed by atoms with van der Waals surface area (Å²) in [5, 5.41) is 7.62. The molecule has 1 N–H and O–H groups in total. The predicted molar refractivity (Wildman–Crippen MR) is 138 cm³/mol. The maximum Gasteiger partial charge on any atom is 0.416 e. The molecule has 0 radical (unpaired) electrons. The van der Waals surface area contributed by atoms with E-state index in [0.29, 0.717) is 18.8 Å². The van der Waals surface area contributed by atoms with Gasteiger partial charge in [0.25, 0.3) is 5.91 Å².